The number of ether oxygens (including phenoxy) is 1. The summed E-state index contributed by atoms with van der Waals surface area (Å²) in [4.78, 5) is 37.2. The number of hydrogen-bond donors (Lipinski definition) is 2. The van der Waals surface area contributed by atoms with E-state index in [9.17, 15) is 14.4 Å². The zero-order valence-electron chi connectivity index (χ0n) is 11.9. The summed E-state index contributed by atoms with van der Waals surface area (Å²) in [7, 11) is 1.44. The van der Waals surface area contributed by atoms with Gasteiger partial charge in [-0.25, -0.2) is 0 Å². The molecule has 3 N–H and O–H groups in total. The summed E-state index contributed by atoms with van der Waals surface area (Å²) in [5.41, 5.74) is 6.34. The average Bonchev–Trinajstić information content (AvgIpc) is 2.45. The van der Waals surface area contributed by atoms with Crippen LogP contribution in [0.3, 0.4) is 0 Å². The fourth-order valence-corrected chi connectivity index (χ4v) is 2.33. The molecule has 0 radical (unpaired) electrons. The first-order valence-corrected chi connectivity index (χ1v) is 6.56. The largest absolute Gasteiger partial charge is 0.496 e. The molecule has 1 aromatic rings. The highest BCUT2D eigenvalue weighted by Crippen LogP contribution is 2.24. The lowest BCUT2D eigenvalue weighted by molar-refractivity contribution is -0.138. The van der Waals surface area contributed by atoms with Crippen molar-refractivity contribution in [1.29, 1.82) is 0 Å². The molecule has 2 rings (SSSR count). The maximum Gasteiger partial charge on any atom is 0.258 e. The minimum absolute atomic E-state index is 0.166. The number of nitrogens with zero attached hydrogens (tertiary/aromatic N) is 1. The van der Waals surface area contributed by atoms with Gasteiger partial charge in [0.1, 0.15) is 18.3 Å². The van der Waals surface area contributed by atoms with E-state index >= 15 is 0 Å². The number of methoxy groups -OCH3 is 1. The number of rotatable bonds is 3. The lowest BCUT2D eigenvalue weighted by atomic mass is 10.1. The first-order valence-electron chi connectivity index (χ1n) is 6.56. The van der Waals surface area contributed by atoms with E-state index in [-0.39, 0.29) is 12.1 Å². The van der Waals surface area contributed by atoms with Crippen molar-refractivity contribution >= 4 is 23.4 Å². The molecule has 0 aromatic heterocycles. The van der Waals surface area contributed by atoms with E-state index in [0.29, 0.717) is 17.9 Å². The van der Waals surface area contributed by atoms with Gasteiger partial charge in [-0.2, -0.15) is 0 Å². The molecule has 0 saturated carbocycles. The summed E-state index contributed by atoms with van der Waals surface area (Å²) >= 11 is 0. The predicted octanol–water partition coefficient (Wildman–Crippen LogP) is 0.155. The molecule has 7 nitrogen and oxygen atoms in total. The number of nitrogens with two attached hydrogens (primary N) is 1. The van der Waals surface area contributed by atoms with Gasteiger partial charge in [0.15, 0.2) is 0 Å². The molecule has 1 unspecified atom stereocenters. The maximum absolute atomic E-state index is 12.7. The summed E-state index contributed by atoms with van der Waals surface area (Å²) < 4.78 is 5.15. The Labute approximate surface area is 122 Å². The van der Waals surface area contributed by atoms with E-state index in [0.717, 1.165) is 0 Å². The van der Waals surface area contributed by atoms with E-state index in [1.54, 1.807) is 19.1 Å². The number of carbonyl (C=O) groups excluding carboxylic acids is 3. The van der Waals surface area contributed by atoms with E-state index in [1.165, 1.54) is 18.1 Å². The highest BCUT2D eigenvalue weighted by atomic mass is 16.5. The van der Waals surface area contributed by atoms with Crippen LogP contribution in [0.1, 0.15) is 23.7 Å². The van der Waals surface area contributed by atoms with Crippen LogP contribution in [-0.2, 0) is 9.59 Å². The van der Waals surface area contributed by atoms with E-state index in [1.807, 2.05) is 0 Å². The third-order valence-electron chi connectivity index (χ3n) is 3.36. The van der Waals surface area contributed by atoms with Gasteiger partial charge in [0.25, 0.3) is 5.91 Å². The molecule has 1 heterocycles. The first kappa shape index (κ1) is 14.8. The number of nitrogen functional groups attached to an aromatic ring is 1. The Balaban J connectivity index is 2.39. The number of nitrogens with one attached hydrogen (secondary N) is 1. The highest BCUT2D eigenvalue weighted by molar-refractivity contribution is 6.08. The smallest absolute Gasteiger partial charge is 0.258 e. The van der Waals surface area contributed by atoms with Crippen molar-refractivity contribution in [3.63, 3.8) is 0 Å². The van der Waals surface area contributed by atoms with Crippen LogP contribution < -0.4 is 15.8 Å². The van der Waals surface area contributed by atoms with Crippen LogP contribution in [0.2, 0.25) is 0 Å². The van der Waals surface area contributed by atoms with Gasteiger partial charge in [0.05, 0.1) is 12.7 Å². The summed E-state index contributed by atoms with van der Waals surface area (Å²) in [6, 6.07) is 3.99. The van der Waals surface area contributed by atoms with Crippen LogP contribution in [0.15, 0.2) is 18.2 Å². The Morgan fingerprint density at radius 3 is 2.81 bits per heavy atom. The average molecular weight is 291 g/mol. The molecule has 0 bridgehead atoms. The second-order valence-corrected chi connectivity index (χ2v) is 4.73. The number of benzene rings is 1. The van der Waals surface area contributed by atoms with Crippen molar-refractivity contribution in [3.8, 4) is 5.75 Å². The molecular weight excluding hydrogens is 274 g/mol. The van der Waals surface area contributed by atoms with Crippen molar-refractivity contribution < 1.29 is 19.1 Å². The Morgan fingerprint density at radius 1 is 1.48 bits per heavy atom. The van der Waals surface area contributed by atoms with Gasteiger partial charge < -0.3 is 15.4 Å². The van der Waals surface area contributed by atoms with Crippen molar-refractivity contribution in [2.75, 3.05) is 19.4 Å². The molecule has 7 heteroatoms. The molecule has 0 spiro atoms. The van der Waals surface area contributed by atoms with Crippen LogP contribution in [0.25, 0.3) is 0 Å². The summed E-state index contributed by atoms with van der Waals surface area (Å²) in [5.74, 6) is -1.07. The van der Waals surface area contributed by atoms with Gasteiger partial charge in [0.2, 0.25) is 11.8 Å². The number of anilines is 1. The third-order valence-corrected chi connectivity index (χ3v) is 3.36. The van der Waals surface area contributed by atoms with Gasteiger partial charge in [-0.15, -0.1) is 0 Å². The van der Waals surface area contributed by atoms with Crippen LogP contribution in [0.5, 0.6) is 5.75 Å². The Kier molecular flexibility index (Phi) is 4.11. The second-order valence-electron chi connectivity index (χ2n) is 4.73. The summed E-state index contributed by atoms with van der Waals surface area (Å²) in [6.07, 6.45) is 0.412. The van der Waals surface area contributed by atoms with Gasteiger partial charge in [-0.05, 0) is 24.6 Å². The zero-order valence-corrected chi connectivity index (χ0v) is 11.9. The fraction of sp³-hybridized carbons (Fsp3) is 0.357. The standard InChI is InChI=1S/C14H17N3O4/c1-3-10-13(19)16-12(18)7-17(10)14(20)9-6-8(15)4-5-11(9)21-2/h4-6,10H,3,7,15H2,1-2H3,(H,16,18,19). The quantitative estimate of drug-likeness (QED) is 0.610. The Morgan fingerprint density at radius 2 is 2.19 bits per heavy atom. The SMILES string of the molecule is CCC1C(=O)NC(=O)CN1C(=O)c1cc(N)ccc1OC. The molecule has 1 aliphatic rings. The van der Waals surface area contributed by atoms with E-state index in [2.05, 4.69) is 5.32 Å². The van der Waals surface area contributed by atoms with Crippen LogP contribution in [0.4, 0.5) is 5.69 Å². The topological polar surface area (TPSA) is 102 Å². The third kappa shape index (κ3) is 2.81. The van der Waals surface area contributed by atoms with Gasteiger partial charge in [0, 0.05) is 5.69 Å². The van der Waals surface area contributed by atoms with Crippen LogP contribution in [-0.4, -0.2) is 42.3 Å². The molecule has 1 atom stereocenters. The summed E-state index contributed by atoms with van der Waals surface area (Å²) in [6.45, 7) is 1.61. The Bertz CT molecular complexity index is 600. The highest BCUT2D eigenvalue weighted by Gasteiger charge is 2.36. The number of hydrogen-bond acceptors (Lipinski definition) is 5. The lowest BCUT2D eigenvalue weighted by Gasteiger charge is -2.33. The number of imide groups is 1. The van der Waals surface area contributed by atoms with Crippen molar-refractivity contribution in [2.45, 2.75) is 19.4 Å². The summed E-state index contributed by atoms with van der Waals surface area (Å²) in [5, 5.41) is 2.23. The predicted molar refractivity (Wildman–Crippen MR) is 75.7 cm³/mol. The Hall–Kier alpha value is -2.57. The lowest BCUT2D eigenvalue weighted by Crippen LogP contribution is -2.59. The van der Waals surface area contributed by atoms with E-state index in [4.69, 9.17) is 10.5 Å². The van der Waals surface area contributed by atoms with Crippen LogP contribution in [0, 0.1) is 0 Å². The minimum Gasteiger partial charge on any atom is -0.496 e. The van der Waals surface area contributed by atoms with Gasteiger partial charge in [-0.1, -0.05) is 6.92 Å². The molecule has 112 valence electrons. The van der Waals surface area contributed by atoms with E-state index < -0.39 is 23.8 Å². The molecule has 1 fully saturated rings. The molecule has 21 heavy (non-hydrogen) atoms. The zero-order chi connectivity index (χ0) is 15.6. The number of carbonyl (C=O) groups is 3. The van der Waals surface area contributed by atoms with Crippen LogP contribution >= 0.6 is 0 Å². The number of amides is 3. The molecular formula is C14H17N3O4. The van der Waals surface area contributed by atoms with Gasteiger partial charge >= 0.3 is 0 Å². The maximum atomic E-state index is 12.7. The minimum atomic E-state index is -0.679. The fourth-order valence-electron chi connectivity index (χ4n) is 2.33. The second kappa shape index (κ2) is 5.82. The van der Waals surface area contributed by atoms with Crippen molar-refractivity contribution in [2.24, 2.45) is 0 Å². The van der Waals surface area contributed by atoms with Crippen molar-refractivity contribution in [3.05, 3.63) is 23.8 Å². The molecule has 3 amide bonds. The normalized spacial score (nSPS) is 18.4. The molecule has 1 aromatic carbocycles. The number of piperazine rings is 1. The monoisotopic (exact) mass is 291 g/mol. The van der Waals surface area contributed by atoms with Crippen molar-refractivity contribution in [1.82, 2.24) is 10.2 Å². The van der Waals surface area contributed by atoms with Gasteiger partial charge in [-0.3, -0.25) is 19.7 Å². The molecule has 1 aliphatic heterocycles. The molecule has 1 saturated heterocycles. The molecule has 0 aliphatic carbocycles. The first-order chi connectivity index (χ1) is 9.97.